The number of ether oxygens (including phenoxy) is 1. The fourth-order valence-corrected chi connectivity index (χ4v) is 4.02. The van der Waals surface area contributed by atoms with Gasteiger partial charge >= 0.3 is 0 Å². The number of hydrogen-bond donors (Lipinski definition) is 3. The molecule has 1 atom stereocenters. The predicted octanol–water partition coefficient (Wildman–Crippen LogP) is 7.84. The molecule has 0 aliphatic heterocycles. The van der Waals surface area contributed by atoms with E-state index in [1.165, 1.54) is 38.5 Å². The molecule has 0 aliphatic carbocycles. The molecule has 34 heavy (non-hydrogen) atoms. The molecule has 0 saturated carbocycles. The fourth-order valence-electron chi connectivity index (χ4n) is 3.90. The van der Waals surface area contributed by atoms with E-state index in [9.17, 15) is 9.90 Å². The highest BCUT2D eigenvalue weighted by molar-refractivity contribution is 6.33. The summed E-state index contributed by atoms with van der Waals surface area (Å²) in [7, 11) is 0. The number of nitrogens with one attached hydrogen (secondary N) is 1. The molecule has 1 amide bonds. The second-order valence-corrected chi connectivity index (χ2v) is 10.4. The van der Waals surface area contributed by atoms with Crippen molar-refractivity contribution < 1.29 is 14.6 Å². The van der Waals surface area contributed by atoms with Gasteiger partial charge in [0.15, 0.2) is 6.10 Å². The van der Waals surface area contributed by atoms with E-state index in [4.69, 9.17) is 22.1 Å². The molecule has 0 radical (unpaired) electrons. The Bertz CT molecular complexity index is 924. The highest BCUT2D eigenvalue weighted by atomic mass is 35.5. The standard InChI is InChI=1S/C28H41ClN2O3/c1-5-6-7-8-9-10-11-12-13-26(27(33)31-20-14-16-23(29)24(30)18-20)34-21-15-17-25(32)22(19-21)28(2,3)4/h14-19,26,32H,5-13,30H2,1-4H3,(H,31,33). The van der Waals surface area contributed by atoms with Crippen LogP contribution in [0.5, 0.6) is 11.5 Å². The van der Waals surface area contributed by atoms with Crippen LogP contribution in [-0.2, 0) is 10.2 Å². The molecule has 0 spiro atoms. The number of nitrogen functional groups attached to an aromatic ring is 1. The summed E-state index contributed by atoms with van der Waals surface area (Å²) in [6.07, 6.45) is 9.43. The summed E-state index contributed by atoms with van der Waals surface area (Å²) in [5.74, 6) is 0.564. The largest absolute Gasteiger partial charge is 0.508 e. The van der Waals surface area contributed by atoms with Crippen LogP contribution in [0.2, 0.25) is 5.02 Å². The van der Waals surface area contributed by atoms with Crippen LogP contribution >= 0.6 is 11.6 Å². The maximum Gasteiger partial charge on any atom is 0.265 e. The van der Waals surface area contributed by atoms with Crippen molar-refractivity contribution in [2.75, 3.05) is 11.1 Å². The number of hydrogen-bond acceptors (Lipinski definition) is 4. The lowest BCUT2D eigenvalue weighted by Gasteiger charge is -2.23. The number of aromatic hydroxyl groups is 1. The van der Waals surface area contributed by atoms with Gasteiger partial charge in [0.05, 0.1) is 10.7 Å². The van der Waals surface area contributed by atoms with Gasteiger partial charge < -0.3 is 20.9 Å². The molecule has 0 saturated heterocycles. The number of phenols is 1. The Morgan fingerprint density at radius 3 is 2.29 bits per heavy atom. The van der Waals surface area contributed by atoms with Crippen molar-refractivity contribution in [2.45, 2.75) is 97.0 Å². The summed E-state index contributed by atoms with van der Waals surface area (Å²) in [5.41, 5.74) is 7.41. The van der Waals surface area contributed by atoms with E-state index in [2.05, 4.69) is 12.2 Å². The number of halogens is 1. The SMILES string of the molecule is CCCCCCCCCCC(Oc1ccc(O)c(C(C)(C)C)c1)C(=O)Nc1ccc(Cl)c(N)c1. The average Bonchev–Trinajstić information content (AvgIpc) is 2.77. The Morgan fingerprint density at radius 1 is 1.03 bits per heavy atom. The Morgan fingerprint density at radius 2 is 1.68 bits per heavy atom. The summed E-state index contributed by atoms with van der Waals surface area (Å²) < 4.78 is 6.17. The van der Waals surface area contributed by atoms with Gasteiger partial charge in [-0.15, -0.1) is 0 Å². The number of nitrogens with two attached hydrogens (primary N) is 1. The molecular weight excluding hydrogens is 448 g/mol. The van der Waals surface area contributed by atoms with Crippen LogP contribution < -0.4 is 15.8 Å². The van der Waals surface area contributed by atoms with E-state index >= 15 is 0 Å². The molecule has 0 aromatic heterocycles. The number of phenolic OH excluding ortho intramolecular Hbond substituents is 1. The van der Waals surface area contributed by atoms with E-state index in [0.717, 1.165) is 18.4 Å². The molecule has 2 rings (SSSR count). The highest BCUT2D eigenvalue weighted by Crippen LogP contribution is 2.34. The number of carbonyl (C=O) groups excluding carboxylic acids is 1. The van der Waals surface area contributed by atoms with Gasteiger partial charge in [0.2, 0.25) is 0 Å². The van der Waals surface area contributed by atoms with E-state index in [0.29, 0.717) is 28.6 Å². The highest BCUT2D eigenvalue weighted by Gasteiger charge is 2.23. The Hall–Kier alpha value is -2.40. The molecule has 188 valence electrons. The van der Waals surface area contributed by atoms with Gasteiger partial charge in [-0.05, 0) is 54.7 Å². The molecular formula is C28H41ClN2O3. The number of carbonyl (C=O) groups is 1. The van der Waals surface area contributed by atoms with Crippen molar-refractivity contribution in [1.29, 1.82) is 0 Å². The number of unbranched alkanes of at least 4 members (excludes halogenated alkanes) is 7. The van der Waals surface area contributed by atoms with Crippen molar-refractivity contribution in [3.8, 4) is 11.5 Å². The third kappa shape index (κ3) is 9.09. The summed E-state index contributed by atoms with van der Waals surface area (Å²) in [5, 5.41) is 13.6. The number of rotatable bonds is 13. The molecule has 1 unspecified atom stereocenters. The summed E-state index contributed by atoms with van der Waals surface area (Å²) in [6, 6.07) is 10.2. The van der Waals surface area contributed by atoms with Crippen LogP contribution in [0, 0.1) is 0 Å². The van der Waals surface area contributed by atoms with Gasteiger partial charge in [-0.25, -0.2) is 0 Å². The first-order valence-electron chi connectivity index (χ1n) is 12.5. The topological polar surface area (TPSA) is 84.6 Å². The quantitative estimate of drug-likeness (QED) is 0.198. The van der Waals surface area contributed by atoms with Crippen molar-refractivity contribution in [1.82, 2.24) is 0 Å². The Labute approximate surface area is 210 Å². The van der Waals surface area contributed by atoms with Gasteiger partial charge in [-0.2, -0.15) is 0 Å². The minimum absolute atomic E-state index is 0.223. The predicted molar refractivity (Wildman–Crippen MR) is 143 cm³/mol. The lowest BCUT2D eigenvalue weighted by molar-refractivity contribution is -0.123. The summed E-state index contributed by atoms with van der Waals surface area (Å²) in [6.45, 7) is 8.31. The van der Waals surface area contributed by atoms with Crippen molar-refractivity contribution in [3.05, 3.63) is 47.0 Å². The van der Waals surface area contributed by atoms with Crippen LogP contribution in [0.4, 0.5) is 11.4 Å². The van der Waals surface area contributed by atoms with Gasteiger partial charge in [-0.1, -0.05) is 84.2 Å². The third-order valence-corrected chi connectivity index (χ3v) is 6.27. The third-order valence-electron chi connectivity index (χ3n) is 5.93. The number of amides is 1. The van der Waals surface area contributed by atoms with Crippen LogP contribution in [-0.4, -0.2) is 17.1 Å². The Kier molecular flexibility index (Phi) is 11.0. The number of anilines is 2. The first-order chi connectivity index (χ1) is 16.1. The van der Waals surface area contributed by atoms with Crippen LogP contribution in [0.25, 0.3) is 0 Å². The minimum atomic E-state index is -0.658. The number of benzene rings is 2. The monoisotopic (exact) mass is 488 g/mol. The van der Waals surface area contributed by atoms with Gasteiger partial charge in [0.25, 0.3) is 5.91 Å². The van der Waals surface area contributed by atoms with Crippen molar-refractivity contribution in [3.63, 3.8) is 0 Å². The lowest BCUT2D eigenvalue weighted by Crippen LogP contribution is -2.33. The second-order valence-electron chi connectivity index (χ2n) is 10.0. The van der Waals surface area contributed by atoms with E-state index in [-0.39, 0.29) is 17.1 Å². The molecule has 0 aliphatic rings. The zero-order valence-corrected chi connectivity index (χ0v) is 21.9. The molecule has 6 heteroatoms. The first kappa shape index (κ1) is 27.8. The summed E-state index contributed by atoms with van der Waals surface area (Å²) in [4.78, 5) is 13.1. The van der Waals surface area contributed by atoms with Gasteiger partial charge in [-0.3, -0.25) is 4.79 Å². The van der Waals surface area contributed by atoms with Crippen molar-refractivity contribution in [2.24, 2.45) is 0 Å². The Balaban J connectivity index is 2.07. The van der Waals surface area contributed by atoms with Gasteiger partial charge in [0.1, 0.15) is 11.5 Å². The summed E-state index contributed by atoms with van der Waals surface area (Å²) >= 11 is 6.01. The molecule has 4 N–H and O–H groups in total. The molecule has 0 heterocycles. The van der Waals surface area contributed by atoms with Crippen molar-refractivity contribution >= 4 is 28.9 Å². The molecule has 2 aromatic carbocycles. The van der Waals surface area contributed by atoms with Crippen LogP contribution in [0.1, 0.15) is 91.0 Å². The molecule has 2 aromatic rings. The van der Waals surface area contributed by atoms with Gasteiger partial charge in [0, 0.05) is 11.3 Å². The smallest absolute Gasteiger partial charge is 0.265 e. The second kappa shape index (κ2) is 13.5. The van der Waals surface area contributed by atoms with E-state index in [1.54, 1.807) is 30.3 Å². The van der Waals surface area contributed by atoms with E-state index in [1.807, 2.05) is 26.8 Å². The molecule has 0 bridgehead atoms. The zero-order chi connectivity index (χ0) is 25.1. The maximum atomic E-state index is 13.1. The van der Waals surface area contributed by atoms with Crippen LogP contribution in [0.3, 0.4) is 0 Å². The normalized spacial score (nSPS) is 12.4. The average molecular weight is 489 g/mol. The minimum Gasteiger partial charge on any atom is -0.508 e. The first-order valence-corrected chi connectivity index (χ1v) is 12.9. The molecule has 0 fully saturated rings. The lowest BCUT2D eigenvalue weighted by atomic mass is 9.86. The maximum absolute atomic E-state index is 13.1. The van der Waals surface area contributed by atoms with Crippen LogP contribution in [0.15, 0.2) is 36.4 Å². The van der Waals surface area contributed by atoms with E-state index < -0.39 is 6.10 Å². The fraction of sp³-hybridized carbons (Fsp3) is 0.536. The molecule has 5 nitrogen and oxygen atoms in total. The zero-order valence-electron chi connectivity index (χ0n) is 21.1.